The molecule has 2 amide bonds. The van der Waals surface area contributed by atoms with Crippen LogP contribution >= 0.6 is 0 Å². The molecule has 0 aromatic heterocycles. The van der Waals surface area contributed by atoms with E-state index >= 15 is 0 Å². The first-order chi connectivity index (χ1) is 12.2. The second-order valence-corrected chi connectivity index (χ2v) is 7.36. The van der Waals surface area contributed by atoms with Crippen molar-refractivity contribution in [1.82, 2.24) is 10.2 Å². The highest BCUT2D eigenvalue weighted by atomic mass is 32.2. The van der Waals surface area contributed by atoms with E-state index in [4.69, 9.17) is 8.92 Å². The van der Waals surface area contributed by atoms with Crippen molar-refractivity contribution in [3.63, 3.8) is 0 Å². The van der Waals surface area contributed by atoms with Crippen LogP contribution in [0.2, 0.25) is 0 Å². The Labute approximate surface area is 154 Å². The first-order valence-electron chi connectivity index (χ1n) is 8.34. The van der Waals surface area contributed by atoms with Crippen LogP contribution in [0.4, 0.5) is 4.79 Å². The summed E-state index contributed by atoms with van der Waals surface area (Å²) in [5.41, 5.74) is 0.803. The molecule has 0 aliphatic heterocycles. The Hall–Kier alpha value is -2.29. The summed E-state index contributed by atoms with van der Waals surface area (Å²) in [7, 11) is -3.58. The van der Waals surface area contributed by atoms with Gasteiger partial charge in [0.1, 0.15) is 12.3 Å². The SMILES string of the molecule is CCOC(=O)CNC(=O)N(Cc1ccc(OS(C)(=O)=O)cc1)[C@H](C)CC. The van der Waals surface area contributed by atoms with Gasteiger partial charge in [0, 0.05) is 12.6 Å². The zero-order valence-corrected chi connectivity index (χ0v) is 16.3. The highest BCUT2D eigenvalue weighted by Gasteiger charge is 2.20. The molecule has 0 aliphatic rings. The molecule has 146 valence electrons. The molecule has 0 radical (unpaired) electrons. The molecule has 0 aliphatic carbocycles. The smallest absolute Gasteiger partial charge is 0.325 e. The molecule has 0 saturated heterocycles. The van der Waals surface area contributed by atoms with Crippen molar-refractivity contribution in [2.75, 3.05) is 19.4 Å². The fraction of sp³-hybridized carbons (Fsp3) is 0.529. The minimum absolute atomic E-state index is 0.0517. The maximum atomic E-state index is 12.4. The average molecular weight is 386 g/mol. The summed E-state index contributed by atoms with van der Waals surface area (Å²) in [4.78, 5) is 25.4. The second kappa shape index (κ2) is 10.0. The Morgan fingerprint density at radius 3 is 2.31 bits per heavy atom. The minimum Gasteiger partial charge on any atom is -0.465 e. The van der Waals surface area contributed by atoms with E-state index in [0.29, 0.717) is 6.54 Å². The Morgan fingerprint density at radius 1 is 1.19 bits per heavy atom. The van der Waals surface area contributed by atoms with Gasteiger partial charge >= 0.3 is 22.1 Å². The molecule has 1 rings (SSSR count). The van der Waals surface area contributed by atoms with Gasteiger partial charge in [-0.05, 0) is 38.0 Å². The molecule has 9 heteroatoms. The van der Waals surface area contributed by atoms with E-state index in [1.165, 1.54) is 12.1 Å². The van der Waals surface area contributed by atoms with Crippen LogP contribution < -0.4 is 9.50 Å². The molecule has 0 unspecified atom stereocenters. The van der Waals surface area contributed by atoms with Gasteiger partial charge in [-0.3, -0.25) is 4.79 Å². The van der Waals surface area contributed by atoms with E-state index in [1.807, 2.05) is 13.8 Å². The Kier molecular flexibility index (Phi) is 8.37. The average Bonchev–Trinajstić information content (AvgIpc) is 2.57. The topological polar surface area (TPSA) is 102 Å². The van der Waals surface area contributed by atoms with E-state index < -0.39 is 16.1 Å². The van der Waals surface area contributed by atoms with Crippen molar-refractivity contribution >= 4 is 22.1 Å². The van der Waals surface area contributed by atoms with Crippen LogP contribution in [-0.4, -0.2) is 50.8 Å². The van der Waals surface area contributed by atoms with Crippen molar-refractivity contribution in [1.29, 1.82) is 0 Å². The van der Waals surface area contributed by atoms with E-state index in [9.17, 15) is 18.0 Å². The minimum atomic E-state index is -3.58. The summed E-state index contributed by atoms with van der Waals surface area (Å²) in [6, 6.07) is 6.01. The van der Waals surface area contributed by atoms with Gasteiger partial charge in [-0.15, -0.1) is 0 Å². The van der Waals surface area contributed by atoms with Crippen molar-refractivity contribution in [2.45, 2.75) is 39.8 Å². The van der Waals surface area contributed by atoms with E-state index in [0.717, 1.165) is 18.2 Å². The molecule has 1 N–H and O–H groups in total. The number of nitrogens with zero attached hydrogens (tertiary/aromatic N) is 1. The van der Waals surface area contributed by atoms with Gasteiger partial charge in [-0.25, -0.2) is 4.79 Å². The number of benzene rings is 1. The molecule has 1 aromatic rings. The third-order valence-electron chi connectivity index (χ3n) is 3.60. The molecule has 8 nitrogen and oxygen atoms in total. The monoisotopic (exact) mass is 386 g/mol. The number of carbonyl (C=O) groups excluding carboxylic acids is 2. The van der Waals surface area contributed by atoms with Crippen LogP contribution in [0.3, 0.4) is 0 Å². The number of nitrogens with one attached hydrogen (secondary N) is 1. The first-order valence-corrected chi connectivity index (χ1v) is 10.2. The summed E-state index contributed by atoms with van der Waals surface area (Å²) in [5.74, 6) is -0.287. The standard InChI is InChI=1S/C17H26N2O6S/c1-5-13(3)19(17(21)18-11-16(20)24-6-2)12-14-7-9-15(10-8-14)25-26(4,22)23/h7-10,13H,5-6,11-12H2,1-4H3,(H,18,21)/t13-/m1/s1. The summed E-state index contributed by atoms with van der Waals surface area (Å²) < 4.78 is 31.9. The van der Waals surface area contributed by atoms with Gasteiger partial charge in [0.05, 0.1) is 12.9 Å². The Morgan fingerprint density at radius 2 is 1.81 bits per heavy atom. The fourth-order valence-electron chi connectivity index (χ4n) is 2.13. The normalized spacial score (nSPS) is 12.2. The zero-order chi connectivity index (χ0) is 19.7. The quantitative estimate of drug-likeness (QED) is 0.514. The molecule has 0 saturated carbocycles. The number of esters is 1. The van der Waals surface area contributed by atoms with Crippen LogP contribution in [0.5, 0.6) is 5.75 Å². The van der Waals surface area contributed by atoms with Crippen molar-refractivity contribution in [2.24, 2.45) is 0 Å². The van der Waals surface area contributed by atoms with E-state index in [-0.39, 0.29) is 31.0 Å². The lowest BCUT2D eigenvalue weighted by atomic mass is 10.1. The van der Waals surface area contributed by atoms with Gasteiger partial charge in [-0.2, -0.15) is 8.42 Å². The van der Waals surface area contributed by atoms with E-state index in [2.05, 4.69) is 5.32 Å². The maximum absolute atomic E-state index is 12.4. The number of urea groups is 1. The van der Waals surface area contributed by atoms with Gasteiger partial charge in [0.2, 0.25) is 0 Å². The second-order valence-electron chi connectivity index (χ2n) is 5.78. The number of amides is 2. The predicted octanol–water partition coefficient (Wildman–Crippen LogP) is 1.90. The van der Waals surface area contributed by atoms with E-state index in [1.54, 1.807) is 24.0 Å². The van der Waals surface area contributed by atoms with Gasteiger partial charge in [0.25, 0.3) is 0 Å². The third kappa shape index (κ3) is 7.73. The lowest BCUT2D eigenvalue weighted by Crippen LogP contribution is -2.46. The summed E-state index contributed by atoms with van der Waals surface area (Å²) in [6.45, 7) is 5.93. The Balaban J connectivity index is 2.78. The largest absolute Gasteiger partial charge is 0.465 e. The molecule has 1 aromatic carbocycles. The maximum Gasteiger partial charge on any atom is 0.325 e. The van der Waals surface area contributed by atoms with Gasteiger partial charge in [0.15, 0.2) is 0 Å². The number of ether oxygens (including phenoxy) is 1. The highest BCUT2D eigenvalue weighted by molar-refractivity contribution is 7.86. The number of hydrogen-bond acceptors (Lipinski definition) is 6. The summed E-state index contributed by atoms with van der Waals surface area (Å²) >= 11 is 0. The molecular formula is C17H26N2O6S. The predicted molar refractivity (Wildman–Crippen MR) is 97.2 cm³/mol. The van der Waals surface area contributed by atoms with Gasteiger partial charge < -0.3 is 19.1 Å². The highest BCUT2D eigenvalue weighted by Crippen LogP contribution is 2.17. The zero-order valence-electron chi connectivity index (χ0n) is 15.5. The summed E-state index contributed by atoms with van der Waals surface area (Å²) in [5, 5.41) is 2.55. The van der Waals surface area contributed by atoms with Crippen LogP contribution in [0.25, 0.3) is 0 Å². The van der Waals surface area contributed by atoms with Crippen molar-refractivity contribution in [3.8, 4) is 5.75 Å². The van der Waals surface area contributed by atoms with Crippen LogP contribution in [-0.2, 0) is 26.2 Å². The molecule has 0 spiro atoms. The summed E-state index contributed by atoms with van der Waals surface area (Å²) in [6.07, 6.45) is 1.71. The van der Waals surface area contributed by atoms with Crippen LogP contribution in [0.1, 0.15) is 32.8 Å². The molecule has 0 bridgehead atoms. The molecule has 0 fully saturated rings. The van der Waals surface area contributed by atoms with Crippen molar-refractivity contribution in [3.05, 3.63) is 29.8 Å². The Bertz CT molecular complexity index is 702. The van der Waals surface area contributed by atoms with Crippen LogP contribution in [0.15, 0.2) is 24.3 Å². The fourth-order valence-corrected chi connectivity index (χ4v) is 2.59. The first kappa shape index (κ1) is 21.8. The number of rotatable bonds is 9. The lowest BCUT2D eigenvalue weighted by molar-refractivity contribution is -0.141. The van der Waals surface area contributed by atoms with Crippen molar-refractivity contribution < 1.29 is 26.9 Å². The molecule has 26 heavy (non-hydrogen) atoms. The van der Waals surface area contributed by atoms with Crippen LogP contribution in [0, 0.1) is 0 Å². The number of carbonyl (C=O) groups is 2. The van der Waals surface area contributed by atoms with Gasteiger partial charge in [-0.1, -0.05) is 19.1 Å². The third-order valence-corrected chi connectivity index (χ3v) is 4.09. The molecular weight excluding hydrogens is 360 g/mol. The number of hydrogen-bond donors (Lipinski definition) is 1. The lowest BCUT2D eigenvalue weighted by Gasteiger charge is -2.28. The molecule has 1 atom stereocenters. The molecule has 0 heterocycles.